The zero-order valence-electron chi connectivity index (χ0n) is 32.7. The van der Waals surface area contributed by atoms with Gasteiger partial charge in [-0.2, -0.15) is 0 Å². The minimum absolute atomic E-state index is 0. The maximum atomic E-state index is 12.4. The standard InChI is InChI=1S/C23H34N10O18P4S2.4Na/c1-56-22-28-16(24)10-18(30-22)32(5-26-10)20-14(36)12(34)8(48-20)3-46-54(42,43)50-52(38,39)7-53(40,41)51-55(44,45)47-4-9-13(35)15(37)21(49-9)33-6-27-11-17(25)29-23(57-2)31-19(11)33;;;;/h5-6,8-9,12-15,20-21,34-37H,3-4,7H2,1-2H3,(H,38,39)(H,40,41)(H,42,43)(H,44,45)(H2,24,28,30)(H2,25,29,31);;;;/q;4*+1/p-4/t8-,9-,12-,13-,14-,15-,20-,21-;;;;/m1..../s1. The first-order chi connectivity index (χ1) is 26.5. The number of hydrogen-bond donors (Lipinski definition) is 6. The van der Waals surface area contributed by atoms with E-state index in [1.165, 1.54) is 9.13 Å². The Morgan fingerprint density at radius 3 is 1.33 bits per heavy atom. The van der Waals surface area contributed by atoms with Gasteiger partial charge in [0, 0.05) is 0 Å². The summed E-state index contributed by atoms with van der Waals surface area (Å²) < 4.78 is 79.8. The molecule has 0 spiro atoms. The summed E-state index contributed by atoms with van der Waals surface area (Å²) in [7, 11) is -24.3. The second-order valence-electron chi connectivity index (χ2n) is 11.9. The van der Waals surface area contributed by atoms with Crippen molar-refractivity contribution in [2.45, 2.75) is 59.4 Å². The number of nitrogen functional groups attached to an aromatic ring is 2. The summed E-state index contributed by atoms with van der Waals surface area (Å²) in [6.07, 6.45) is -7.75. The number of nitrogens with zero attached hydrogens (tertiary/aromatic N) is 8. The van der Waals surface area contributed by atoms with Gasteiger partial charge in [0.2, 0.25) is 0 Å². The van der Waals surface area contributed by atoms with Crippen molar-refractivity contribution in [3.63, 3.8) is 0 Å². The molecule has 2 saturated heterocycles. The van der Waals surface area contributed by atoms with Gasteiger partial charge in [0.15, 0.2) is 60.9 Å². The molecule has 0 radical (unpaired) electrons. The summed E-state index contributed by atoms with van der Waals surface area (Å²) in [6, 6.07) is 0. The zero-order valence-corrected chi connectivity index (χ0v) is 45.9. The van der Waals surface area contributed by atoms with Gasteiger partial charge in [-0.3, -0.25) is 26.9 Å². The molecule has 0 amide bonds. The van der Waals surface area contributed by atoms with E-state index in [1.807, 2.05) is 0 Å². The Kier molecular flexibility index (Phi) is 22.6. The van der Waals surface area contributed by atoms with Crippen molar-refractivity contribution < 1.29 is 204 Å². The summed E-state index contributed by atoms with van der Waals surface area (Å²) in [5, 5.41) is 42.7. The number of rotatable bonds is 16. The van der Waals surface area contributed by atoms with E-state index in [9.17, 15) is 58.3 Å². The van der Waals surface area contributed by atoms with E-state index >= 15 is 0 Å². The number of ether oxygens (including phenoxy) is 2. The van der Waals surface area contributed by atoms with Crippen LogP contribution in [0.1, 0.15) is 12.5 Å². The van der Waals surface area contributed by atoms with Gasteiger partial charge in [-0.15, -0.1) is 0 Å². The zero-order chi connectivity index (χ0) is 41.8. The molecule has 28 nitrogen and oxygen atoms in total. The Hall–Kier alpha value is 1.76. The van der Waals surface area contributed by atoms with Crippen molar-refractivity contribution in [3.8, 4) is 0 Å². The van der Waals surface area contributed by atoms with Crippen LogP contribution >= 0.6 is 54.4 Å². The predicted octanol–water partition coefficient (Wildman–Crippen LogP) is -15.4. The molecular formula is C23H30N10Na4O18P4S2. The fourth-order valence-corrected chi connectivity index (χ4v) is 12.8. The van der Waals surface area contributed by atoms with Crippen molar-refractivity contribution >= 4 is 88.3 Å². The number of hydrogen-bond acceptors (Lipinski definition) is 28. The Morgan fingerprint density at radius 2 is 1.00 bits per heavy atom. The molecule has 2 fully saturated rings. The van der Waals surface area contributed by atoms with Crippen LogP contribution < -0.4 is 149 Å². The van der Waals surface area contributed by atoms with Gasteiger partial charge in [-0.05, 0) is 12.5 Å². The average molecular weight is 1010 g/mol. The molecule has 38 heteroatoms. The molecule has 0 saturated carbocycles. The fraction of sp³-hybridized carbons (Fsp3) is 0.565. The molecular weight excluding hydrogens is 984 g/mol. The third-order valence-corrected chi connectivity index (χ3v) is 16.4. The van der Waals surface area contributed by atoms with Crippen LogP contribution in [-0.4, -0.2) is 128 Å². The van der Waals surface area contributed by atoms with Crippen LogP contribution in [0.25, 0.3) is 22.3 Å². The molecule has 4 unspecified atom stereocenters. The smallest absolute Gasteiger partial charge is 0.778 e. The molecule has 6 heterocycles. The SMILES string of the molecule is CSc1nc(N)c2ncn([C@@H]3O[C@H](COP(=O)([O-])OP(=O)([O-])CP(=O)([O-])OP(=O)([O-])OC[C@H]4O[C@@H](n5cnc6c(N)nc(SC)nc65)[C@H](O)[C@@H]4O)[C@@H](O)[C@H]3O)c2n1.[Na+].[Na+].[Na+].[Na+]. The van der Waals surface area contributed by atoms with E-state index < -0.39 is 99.0 Å². The number of imidazole rings is 2. The minimum atomic E-state index is -6.11. The third-order valence-electron chi connectivity index (χ3n) is 8.03. The Balaban J connectivity index is 0.00000320. The van der Waals surface area contributed by atoms with Crippen LogP contribution in [0.4, 0.5) is 11.6 Å². The van der Waals surface area contributed by atoms with Crippen LogP contribution in [0.2, 0.25) is 0 Å². The van der Waals surface area contributed by atoms with Crippen molar-refractivity contribution in [1.29, 1.82) is 0 Å². The van der Waals surface area contributed by atoms with E-state index in [-0.39, 0.29) is 163 Å². The molecule has 2 aliphatic rings. The fourth-order valence-electron chi connectivity index (χ4n) is 5.53. The summed E-state index contributed by atoms with van der Waals surface area (Å²) in [5.74, 6) is -2.38. The molecule has 0 aliphatic carbocycles. The molecule has 6 rings (SSSR count). The molecule has 12 atom stereocenters. The Bertz CT molecular complexity index is 2210. The normalized spacial score (nSPS) is 27.7. The van der Waals surface area contributed by atoms with Crippen LogP contribution in [0.3, 0.4) is 0 Å². The van der Waals surface area contributed by atoms with Crippen LogP contribution in [0, 0.1) is 0 Å². The van der Waals surface area contributed by atoms with E-state index in [0.717, 1.165) is 36.2 Å². The molecule has 61 heavy (non-hydrogen) atoms. The first-order valence-corrected chi connectivity index (χ1v) is 24.4. The molecule has 4 aromatic rings. The first-order valence-electron chi connectivity index (χ1n) is 15.6. The average Bonchev–Trinajstić information content (AvgIpc) is 3.86. The van der Waals surface area contributed by atoms with Gasteiger partial charge in [0.1, 0.15) is 47.7 Å². The molecule has 8 N–H and O–H groups in total. The Morgan fingerprint density at radius 1 is 0.656 bits per heavy atom. The Labute approximate surface area is 440 Å². The van der Waals surface area contributed by atoms with E-state index in [0.29, 0.717) is 0 Å². The van der Waals surface area contributed by atoms with E-state index in [4.69, 9.17) is 20.9 Å². The second kappa shape index (κ2) is 23.4. The van der Waals surface area contributed by atoms with E-state index in [2.05, 4.69) is 47.6 Å². The monoisotopic (exact) mass is 1010 g/mol. The van der Waals surface area contributed by atoms with Crippen molar-refractivity contribution in [2.75, 3.05) is 43.1 Å². The molecule has 0 aromatic carbocycles. The molecule has 4 aromatic heterocycles. The third kappa shape index (κ3) is 13.9. The van der Waals surface area contributed by atoms with Gasteiger partial charge in [0.25, 0.3) is 15.6 Å². The van der Waals surface area contributed by atoms with Gasteiger partial charge in [0.05, 0.1) is 31.8 Å². The number of aromatic nitrogens is 8. The van der Waals surface area contributed by atoms with Crippen LogP contribution in [-0.2, 0) is 45.4 Å². The van der Waals surface area contributed by atoms with E-state index in [1.54, 1.807) is 12.5 Å². The number of phosphoric acid groups is 2. The van der Waals surface area contributed by atoms with Crippen LogP contribution in [0.5, 0.6) is 0 Å². The van der Waals surface area contributed by atoms with Gasteiger partial charge in [-0.25, -0.2) is 29.9 Å². The molecule has 316 valence electrons. The van der Waals surface area contributed by atoms with Gasteiger partial charge in [-0.1, -0.05) is 23.5 Å². The first kappa shape index (κ1) is 58.9. The number of phosphoric ester groups is 2. The number of fused-ring (bicyclic) bond motifs is 2. The number of aliphatic hydroxyl groups is 4. The number of thioether (sulfide) groups is 2. The largest absolute Gasteiger partial charge is 1.00 e. The summed E-state index contributed by atoms with van der Waals surface area (Å²) in [5.41, 5.74) is 12.2. The maximum absolute atomic E-state index is 12.4. The van der Waals surface area contributed by atoms with Crippen molar-refractivity contribution in [3.05, 3.63) is 12.7 Å². The quantitative estimate of drug-likeness (QED) is 0.0263. The minimum Gasteiger partial charge on any atom is -0.778 e. The van der Waals surface area contributed by atoms with Crippen LogP contribution in [0.15, 0.2) is 23.0 Å². The number of anilines is 2. The summed E-state index contributed by atoms with van der Waals surface area (Å²) >= 11 is 2.26. The number of aliphatic hydroxyl groups excluding tert-OH is 4. The van der Waals surface area contributed by atoms with Gasteiger partial charge < -0.3 is 79.1 Å². The van der Waals surface area contributed by atoms with Crippen molar-refractivity contribution in [1.82, 2.24) is 39.0 Å². The van der Waals surface area contributed by atoms with Crippen molar-refractivity contribution in [2.24, 2.45) is 0 Å². The second-order valence-corrected chi connectivity index (χ2v) is 20.7. The molecule has 2 aliphatic heterocycles. The topological polar surface area (TPSA) is 436 Å². The maximum Gasteiger partial charge on any atom is 1.00 e. The summed E-state index contributed by atoms with van der Waals surface area (Å²) in [4.78, 5) is 74.3. The number of nitrogens with two attached hydrogens (primary N) is 2. The predicted molar refractivity (Wildman–Crippen MR) is 184 cm³/mol. The summed E-state index contributed by atoms with van der Waals surface area (Å²) in [6.45, 7) is -2.35. The molecule has 0 bridgehead atoms. The van der Waals surface area contributed by atoms with Gasteiger partial charge >= 0.3 is 118 Å².